The van der Waals surface area contributed by atoms with Crippen LogP contribution >= 0.6 is 23.2 Å². The van der Waals surface area contributed by atoms with Gasteiger partial charge >= 0.3 is 5.97 Å². The first-order valence-corrected chi connectivity index (χ1v) is 11.1. The van der Waals surface area contributed by atoms with Gasteiger partial charge in [0.25, 0.3) is 0 Å². The van der Waals surface area contributed by atoms with Gasteiger partial charge in [-0.3, -0.25) is 0 Å². The number of benzene rings is 2. The molecule has 0 bridgehead atoms. The molecule has 1 aromatic heterocycles. The van der Waals surface area contributed by atoms with Crippen LogP contribution in [-0.4, -0.2) is 33.8 Å². The van der Waals surface area contributed by atoms with E-state index in [-0.39, 0.29) is 54.6 Å². The molecule has 1 heterocycles. The number of carboxylic acid groups (broad SMARTS) is 1. The van der Waals surface area contributed by atoms with E-state index < -0.39 is 23.0 Å². The normalized spacial score (nSPS) is 11.6. The van der Waals surface area contributed by atoms with E-state index in [2.05, 4.69) is 10.3 Å². The van der Waals surface area contributed by atoms with Crippen LogP contribution in [0, 0.1) is 5.95 Å². The molecule has 0 saturated heterocycles. The Kier molecular flexibility index (Phi) is 10.1. The minimum Gasteiger partial charge on any atom is -0.508 e. The van der Waals surface area contributed by atoms with Gasteiger partial charge in [-0.1, -0.05) is 74.8 Å². The SMILES string of the molecule is C.CC(C)c1cc(Oc2c(Cl)c(F)nc(N[C@@H](COCc3ccccc3)C(=O)O)c2Cl)ccc1O. The molecule has 0 aliphatic heterocycles. The first-order valence-electron chi connectivity index (χ1n) is 10.3. The van der Waals surface area contributed by atoms with E-state index in [1.54, 1.807) is 6.07 Å². The maximum Gasteiger partial charge on any atom is 0.328 e. The van der Waals surface area contributed by atoms with Crippen molar-refractivity contribution in [2.24, 2.45) is 0 Å². The van der Waals surface area contributed by atoms with Crippen LogP contribution < -0.4 is 10.1 Å². The van der Waals surface area contributed by atoms with E-state index in [9.17, 15) is 19.4 Å². The minimum atomic E-state index is -1.27. The molecule has 0 radical (unpaired) electrons. The molecule has 0 aliphatic rings. The maximum atomic E-state index is 14.5. The highest BCUT2D eigenvalue weighted by atomic mass is 35.5. The summed E-state index contributed by atoms with van der Waals surface area (Å²) in [5.41, 5.74) is 1.48. The fraction of sp³-hybridized carbons (Fsp3) is 0.280. The Labute approximate surface area is 213 Å². The van der Waals surface area contributed by atoms with Gasteiger partial charge in [0.05, 0.1) is 13.2 Å². The number of hydrogen-bond acceptors (Lipinski definition) is 6. The number of aliphatic carboxylic acids is 1. The molecule has 0 unspecified atom stereocenters. The number of hydrogen-bond donors (Lipinski definition) is 3. The van der Waals surface area contributed by atoms with Gasteiger partial charge in [0.2, 0.25) is 5.95 Å². The largest absolute Gasteiger partial charge is 0.508 e. The Morgan fingerprint density at radius 1 is 1.14 bits per heavy atom. The third-order valence-electron chi connectivity index (χ3n) is 4.84. The van der Waals surface area contributed by atoms with Gasteiger partial charge in [0, 0.05) is 5.56 Å². The predicted molar refractivity (Wildman–Crippen MR) is 134 cm³/mol. The number of aromatic hydroxyl groups is 1. The van der Waals surface area contributed by atoms with Crippen LogP contribution in [0.1, 0.15) is 38.3 Å². The molecule has 3 rings (SSSR count). The highest BCUT2D eigenvalue weighted by molar-refractivity contribution is 6.38. The lowest BCUT2D eigenvalue weighted by Gasteiger charge is -2.19. The third kappa shape index (κ3) is 7.21. The van der Waals surface area contributed by atoms with Crippen LogP contribution in [0.25, 0.3) is 0 Å². The van der Waals surface area contributed by atoms with E-state index >= 15 is 0 Å². The molecule has 0 aliphatic carbocycles. The molecule has 0 saturated carbocycles. The Bertz CT molecular complexity index is 1160. The number of carboxylic acids is 1. The van der Waals surface area contributed by atoms with Crippen LogP contribution in [0.2, 0.25) is 10.0 Å². The molecule has 3 aromatic rings. The highest BCUT2D eigenvalue weighted by Crippen LogP contribution is 2.42. The molecule has 10 heteroatoms. The quantitative estimate of drug-likeness (QED) is 0.249. The summed E-state index contributed by atoms with van der Waals surface area (Å²) in [5.74, 6) is -2.52. The summed E-state index contributed by atoms with van der Waals surface area (Å²) < 4.78 is 25.7. The minimum absolute atomic E-state index is 0. The Balaban J connectivity index is 0.00000432. The summed E-state index contributed by atoms with van der Waals surface area (Å²) in [6.45, 7) is 3.73. The zero-order chi connectivity index (χ0) is 24.8. The summed E-state index contributed by atoms with van der Waals surface area (Å²) in [6.07, 6.45) is 0. The molecule has 35 heavy (non-hydrogen) atoms. The Morgan fingerprint density at radius 3 is 2.46 bits per heavy atom. The first kappa shape index (κ1) is 28.2. The molecule has 0 spiro atoms. The number of aromatic nitrogens is 1. The highest BCUT2D eigenvalue weighted by Gasteiger charge is 2.25. The van der Waals surface area contributed by atoms with Crippen molar-refractivity contribution in [1.29, 1.82) is 0 Å². The fourth-order valence-corrected chi connectivity index (χ4v) is 3.52. The van der Waals surface area contributed by atoms with Crippen molar-refractivity contribution >= 4 is 35.0 Å². The molecule has 2 aromatic carbocycles. The summed E-state index contributed by atoms with van der Waals surface area (Å²) in [6, 6.07) is 12.4. The van der Waals surface area contributed by atoms with Crippen LogP contribution in [0.5, 0.6) is 17.2 Å². The van der Waals surface area contributed by atoms with Crippen molar-refractivity contribution in [2.45, 2.75) is 39.8 Å². The summed E-state index contributed by atoms with van der Waals surface area (Å²) in [4.78, 5) is 15.4. The van der Waals surface area contributed by atoms with Crippen molar-refractivity contribution in [3.05, 3.63) is 75.7 Å². The van der Waals surface area contributed by atoms with E-state index in [0.717, 1.165) is 5.56 Å². The number of phenolic OH excluding ortho intramolecular Hbond substituents is 1. The lowest BCUT2D eigenvalue weighted by Crippen LogP contribution is -2.34. The average molecular weight is 525 g/mol. The molecular weight excluding hydrogens is 498 g/mol. The predicted octanol–water partition coefficient (Wildman–Crippen LogP) is 6.87. The zero-order valence-electron chi connectivity index (χ0n) is 18.4. The van der Waals surface area contributed by atoms with Gasteiger partial charge < -0.3 is 25.0 Å². The molecule has 1 atom stereocenters. The number of anilines is 1. The Hall–Kier alpha value is -3.07. The van der Waals surface area contributed by atoms with Crippen molar-refractivity contribution < 1.29 is 28.9 Å². The smallest absolute Gasteiger partial charge is 0.328 e. The number of pyridine rings is 1. The number of phenols is 1. The van der Waals surface area contributed by atoms with Gasteiger partial charge in [0.15, 0.2) is 11.6 Å². The van der Waals surface area contributed by atoms with Crippen LogP contribution in [0.15, 0.2) is 48.5 Å². The van der Waals surface area contributed by atoms with Gasteiger partial charge in [-0.25, -0.2) is 4.79 Å². The third-order valence-corrected chi connectivity index (χ3v) is 5.52. The molecule has 0 amide bonds. The number of halogens is 3. The van der Waals surface area contributed by atoms with E-state index in [1.165, 1.54) is 12.1 Å². The van der Waals surface area contributed by atoms with Gasteiger partial charge in [-0.15, -0.1) is 0 Å². The van der Waals surface area contributed by atoms with Crippen molar-refractivity contribution in [3.8, 4) is 17.2 Å². The number of nitrogens with zero attached hydrogens (tertiary/aromatic N) is 1. The Morgan fingerprint density at radius 2 is 1.83 bits per heavy atom. The van der Waals surface area contributed by atoms with Gasteiger partial charge in [-0.05, 0) is 29.7 Å². The summed E-state index contributed by atoms with van der Waals surface area (Å²) in [7, 11) is 0. The monoisotopic (exact) mass is 524 g/mol. The lowest BCUT2D eigenvalue weighted by molar-refractivity contribution is -0.139. The number of rotatable bonds is 10. The first-order chi connectivity index (χ1) is 16.2. The summed E-state index contributed by atoms with van der Waals surface area (Å²) in [5, 5.41) is 21.5. The van der Waals surface area contributed by atoms with Crippen LogP contribution in [0.3, 0.4) is 0 Å². The van der Waals surface area contributed by atoms with Crippen molar-refractivity contribution in [1.82, 2.24) is 4.98 Å². The average Bonchev–Trinajstić information content (AvgIpc) is 2.80. The molecule has 188 valence electrons. The lowest BCUT2D eigenvalue weighted by atomic mass is 10.0. The molecule has 7 nitrogen and oxygen atoms in total. The number of carbonyl (C=O) groups is 1. The van der Waals surface area contributed by atoms with Crippen molar-refractivity contribution in [3.63, 3.8) is 0 Å². The van der Waals surface area contributed by atoms with E-state index in [1.807, 2.05) is 44.2 Å². The second kappa shape index (κ2) is 12.6. The van der Waals surface area contributed by atoms with Gasteiger partial charge in [-0.2, -0.15) is 9.37 Å². The van der Waals surface area contributed by atoms with E-state index in [4.69, 9.17) is 32.7 Å². The van der Waals surface area contributed by atoms with Crippen LogP contribution in [-0.2, 0) is 16.1 Å². The second-order valence-electron chi connectivity index (χ2n) is 7.72. The molecule has 3 N–H and O–H groups in total. The number of nitrogens with one attached hydrogen (secondary N) is 1. The van der Waals surface area contributed by atoms with Gasteiger partial charge in [0.1, 0.15) is 27.6 Å². The molecular formula is C25H27Cl2FN2O5. The second-order valence-corrected chi connectivity index (χ2v) is 8.48. The maximum absolute atomic E-state index is 14.5. The van der Waals surface area contributed by atoms with E-state index in [0.29, 0.717) is 5.56 Å². The number of ether oxygens (including phenoxy) is 2. The van der Waals surface area contributed by atoms with Crippen molar-refractivity contribution in [2.75, 3.05) is 11.9 Å². The standard InChI is InChI=1S/C24H23Cl2FN2O5.CH4/c1-13(2)16-10-15(8-9-18(16)30)34-21-19(25)22(27)29-23(20(21)26)28-17(24(31)32)12-33-11-14-6-4-3-5-7-14;/h3-10,13,17,30H,11-12H2,1-2H3,(H,28,29)(H,31,32);1H4/t17-;/m0./s1. The van der Waals surface area contributed by atoms with Crippen LogP contribution in [0.4, 0.5) is 10.2 Å². The molecule has 0 fully saturated rings. The zero-order valence-corrected chi connectivity index (χ0v) is 19.9. The summed E-state index contributed by atoms with van der Waals surface area (Å²) >= 11 is 12.4. The fourth-order valence-electron chi connectivity index (χ4n) is 3.06. The topological polar surface area (TPSA) is 101 Å².